The molecule has 0 fully saturated rings. The SMILES string of the molecule is CCOP(=O)(O)OCC(F)(F)F. The van der Waals surface area contributed by atoms with E-state index in [0.717, 1.165) is 0 Å². The van der Waals surface area contributed by atoms with Gasteiger partial charge in [0.1, 0.15) is 0 Å². The minimum absolute atomic E-state index is 0.189. The lowest BCUT2D eigenvalue weighted by atomic mass is 10.7. The highest BCUT2D eigenvalue weighted by Gasteiger charge is 2.33. The third kappa shape index (κ3) is 6.60. The number of phosphoric acid groups is 1. The third-order valence-electron chi connectivity index (χ3n) is 0.684. The standard InChI is InChI=1S/C4H8F3O4P/c1-2-10-12(8,9)11-3-4(5,6)7/h2-3H2,1H3,(H,8,9). The Morgan fingerprint density at radius 3 is 2.25 bits per heavy atom. The van der Waals surface area contributed by atoms with Gasteiger partial charge >= 0.3 is 14.0 Å². The lowest BCUT2D eigenvalue weighted by Crippen LogP contribution is -2.16. The van der Waals surface area contributed by atoms with Crippen LogP contribution in [0.4, 0.5) is 13.2 Å². The fourth-order valence-electron chi connectivity index (χ4n) is 0.355. The fourth-order valence-corrected chi connectivity index (χ4v) is 1.07. The molecule has 0 radical (unpaired) electrons. The summed E-state index contributed by atoms with van der Waals surface area (Å²) in [5.41, 5.74) is 0. The van der Waals surface area contributed by atoms with Gasteiger partial charge in [-0.15, -0.1) is 0 Å². The smallest absolute Gasteiger partial charge is 0.302 e. The van der Waals surface area contributed by atoms with Gasteiger partial charge in [-0.2, -0.15) is 13.2 Å². The maximum atomic E-state index is 11.4. The maximum Gasteiger partial charge on any atom is 0.472 e. The number of hydrogen-bond acceptors (Lipinski definition) is 3. The second-order valence-corrected chi connectivity index (χ2v) is 3.23. The molecule has 74 valence electrons. The number of halogens is 3. The highest BCUT2D eigenvalue weighted by atomic mass is 31.2. The van der Waals surface area contributed by atoms with Crippen LogP contribution in [0, 0.1) is 0 Å². The van der Waals surface area contributed by atoms with Crippen molar-refractivity contribution in [3.8, 4) is 0 Å². The van der Waals surface area contributed by atoms with E-state index in [1.54, 1.807) is 0 Å². The average Bonchev–Trinajstić information content (AvgIpc) is 1.83. The van der Waals surface area contributed by atoms with Gasteiger partial charge in [-0.05, 0) is 6.92 Å². The zero-order valence-electron chi connectivity index (χ0n) is 6.17. The van der Waals surface area contributed by atoms with Gasteiger partial charge in [0.2, 0.25) is 0 Å². The second-order valence-electron chi connectivity index (χ2n) is 1.77. The van der Waals surface area contributed by atoms with Gasteiger partial charge in [0.15, 0.2) is 6.61 Å². The van der Waals surface area contributed by atoms with Crippen LogP contribution in [0.15, 0.2) is 0 Å². The molecule has 8 heteroatoms. The van der Waals surface area contributed by atoms with Gasteiger partial charge in [0.25, 0.3) is 0 Å². The summed E-state index contributed by atoms with van der Waals surface area (Å²) in [5.74, 6) is 0. The largest absolute Gasteiger partial charge is 0.472 e. The topological polar surface area (TPSA) is 55.8 Å². The van der Waals surface area contributed by atoms with Gasteiger partial charge in [0.05, 0.1) is 6.61 Å². The third-order valence-corrected chi connectivity index (χ3v) is 1.72. The molecule has 0 spiro atoms. The van der Waals surface area contributed by atoms with E-state index in [2.05, 4.69) is 9.05 Å². The van der Waals surface area contributed by atoms with Crippen LogP contribution in [0.1, 0.15) is 6.92 Å². The zero-order valence-corrected chi connectivity index (χ0v) is 7.06. The molecule has 0 aromatic carbocycles. The quantitative estimate of drug-likeness (QED) is 0.714. The number of alkyl halides is 3. The summed E-state index contributed by atoms with van der Waals surface area (Å²) in [7, 11) is -4.51. The van der Waals surface area contributed by atoms with Crippen LogP contribution in [0.25, 0.3) is 0 Å². The van der Waals surface area contributed by atoms with Crippen LogP contribution < -0.4 is 0 Å². The Bertz CT molecular complexity index is 180. The Kier molecular flexibility index (Phi) is 4.19. The van der Waals surface area contributed by atoms with Gasteiger partial charge in [-0.1, -0.05) is 0 Å². The molecule has 1 unspecified atom stereocenters. The van der Waals surface area contributed by atoms with E-state index in [0.29, 0.717) is 0 Å². The number of phosphoric ester groups is 1. The van der Waals surface area contributed by atoms with E-state index in [9.17, 15) is 17.7 Å². The molecule has 12 heavy (non-hydrogen) atoms. The summed E-state index contributed by atoms with van der Waals surface area (Å²) in [6.45, 7) is -0.619. The zero-order chi connectivity index (χ0) is 9.83. The summed E-state index contributed by atoms with van der Waals surface area (Å²) in [5, 5.41) is 0. The fraction of sp³-hybridized carbons (Fsp3) is 1.00. The van der Waals surface area contributed by atoms with Crippen molar-refractivity contribution >= 4 is 7.82 Å². The molecule has 0 bridgehead atoms. The summed E-state index contributed by atoms with van der Waals surface area (Å²) < 4.78 is 52.3. The Hall–Kier alpha value is -0.100. The molecule has 1 N–H and O–H groups in total. The van der Waals surface area contributed by atoms with Crippen LogP contribution in [0.5, 0.6) is 0 Å². The Labute approximate surface area is 66.9 Å². The van der Waals surface area contributed by atoms with Gasteiger partial charge in [-0.3, -0.25) is 9.05 Å². The van der Waals surface area contributed by atoms with Crippen molar-refractivity contribution in [3.63, 3.8) is 0 Å². The van der Waals surface area contributed by atoms with Crippen molar-refractivity contribution in [2.75, 3.05) is 13.2 Å². The number of rotatable bonds is 4. The van der Waals surface area contributed by atoms with E-state index in [1.807, 2.05) is 0 Å². The monoisotopic (exact) mass is 208 g/mol. The van der Waals surface area contributed by atoms with Crippen molar-refractivity contribution in [2.24, 2.45) is 0 Å². The predicted octanol–water partition coefficient (Wildman–Crippen LogP) is 1.70. The summed E-state index contributed by atoms with van der Waals surface area (Å²) in [6.07, 6.45) is -4.63. The first-order valence-electron chi connectivity index (χ1n) is 2.95. The van der Waals surface area contributed by atoms with Crippen LogP contribution in [0.3, 0.4) is 0 Å². The molecule has 0 amide bonds. The number of hydrogen-bond donors (Lipinski definition) is 1. The first-order chi connectivity index (χ1) is 5.27. The van der Waals surface area contributed by atoms with Crippen molar-refractivity contribution in [3.05, 3.63) is 0 Å². The van der Waals surface area contributed by atoms with E-state index < -0.39 is 20.6 Å². The first-order valence-corrected chi connectivity index (χ1v) is 4.45. The van der Waals surface area contributed by atoms with E-state index in [4.69, 9.17) is 4.89 Å². The second kappa shape index (κ2) is 4.23. The minimum atomic E-state index is -4.63. The normalized spacial score (nSPS) is 17.4. The molecule has 0 aromatic rings. The molecule has 0 aliphatic rings. The average molecular weight is 208 g/mol. The minimum Gasteiger partial charge on any atom is -0.302 e. The van der Waals surface area contributed by atoms with Crippen LogP contribution >= 0.6 is 7.82 Å². The van der Waals surface area contributed by atoms with Crippen LogP contribution in [-0.4, -0.2) is 24.3 Å². The molecule has 0 aliphatic carbocycles. The lowest BCUT2D eigenvalue weighted by Gasteiger charge is -2.11. The van der Waals surface area contributed by atoms with Crippen molar-refractivity contribution in [2.45, 2.75) is 13.1 Å². The summed E-state index contributed by atoms with van der Waals surface area (Å²) >= 11 is 0. The Morgan fingerprint density at radius 1 is 1.42 bits per heavy atom. The maximum absolute atomic E-state index is 11.4. The highest BCUT2D eigenvalue weighted by Crippen LogP contribution is 2.44. The molecule has 0 saturated carbocycles. The van der Waals surface area contributed by atoms with Crippen molar-refractivity contribution < 1.29 is 31.7 Å². The van der Waals surface area contributed by atoms with E-state index >= 15 is 0 Å². The summed E-state index contributed by atoms with van der Waals surface area (Å²) in [4.78, 5) is 8.49. The molecule has 1 atom stereocenters. The molecule has 0 aliphatic heterocycles. The van der Waals surface area contributed by atoms with E-state index in [-0.39, 0.29) is 6.61 Å². The molecular formula is C4H8F3O4P. The van der Waals surface area contributed by atoms with Gasteiger partial charge < -0.3 is 4.89 Å². The van der Waals surface area contributed by atoms with Crippen molar-refractivity contribution in [1.82, 2.24) is 0 Å². The Balaban J connectivity index is 3.84. The molecule has 0 saturated heterocycles. The Morgan fingerprint density at radius 2 is 1.92 bits per heavy atom. The summed E-state index contributed by atoms with van der Waals surface area (Å²) in [6, 6.07) is 0. The molecule has 0 aromatic heterocycles. The predicted molar refractivity (Wildman–Crippen MR) is 33.5 cm³/mol. The molecular weight excluding hydrogens is 200 g/mol. The lowest BCUT2D eigenvalue weighted by molar-refractivity contribution is -0.157. The van der Waals surface area contributed by atoms with E-state index in [1.165, 1.54) is 6.92 Å². The molecule has 0 rings (SSSR count). The molecule has 4 nitrogen and oxygen atoms in total. The molecule has 0 heterocycles. The van der Waals surface area contributed by atoms with Crippen LogP contribution in [-0.2, 0) is 13.6 Å². The highest BCUT2D eigenvalue weighted by molar-refractivity contribution is 7.47. The first kappa shape index (κ1) is 11.9. The van der Waals surface area contributed by atoms with Gasteiger partial charge in [0, 0.05) is 0 Å². The van der Waals surface area contributed by atoms with Crippen molar-refractivity contribution in [1.29, 1.82) is 0 Å². The van der Waals surface area contributed by atoms with Crippen LogP contribution in [0.2, 0.25) is 0 Å². The van der Waals surface area contributed by atoms with Gasteiger partial charge in [-0.25, -0.2) is 4.57 Å².